The number of aliphatic hydroxyl groups excluding tert-OH is 2. The van der Waals surface area contributed by atoms with Gasteiger partial charge in [-0.25, -0.2) is 26.5 Å². The van der Waals surface area contributed by atoms with Crippen molar-refractivity contribution in [2.45, 2.75) is 31.4 Å². The first-order valence-electron chi connectivity index (χ1n) is 11.5. The van der Waals surface area contributed by atoms with E-state index < -0.39 is 39.1 Å². The number of anilines is 2. The number of ketones is 1. The van der Waals surface area contributed by atoms with Crippen LogP contribution in [0.1, 0.15) is 34.5 Å². The van der Waals surface area contributed by atoms with Crippen molar-refractivity contribution >= 4 is 38.1 Å². The summed E-state index contributed by atoms with van der Waals surface area (Å²) in [5.41, 5.74) is 5.16. The highest BCUT2D eigenvalue weighted by atomic mass is 32.2. The minimum absolute atomic E-state index is 0.0221. The van der Waals surface area contributed by atoms with Crippen LogP contribution in [-0.2, 0) is 10.0 Å². The Labute approximate surface area is 212 Å². The number of hydrogen-bond donors (Lipinski definition) is 4. The van der Waals surface area contributed by atoms with E-state index in [2.05, 4.69) is 10.3 Å². The van der Waals surface area contributed by atoms with Crippen LogP contribution < -0.4 is 11.1 Å². The van der Waals surface area contributed by atoms with Crippen molar-refractivity contribution in [1.29, 1.82) is 0 Å². The Balaban J connectivity index is 1.52. The third-order valence-corrected chi connectivity index (χ3v) is 8.86. The highest BCUT2D eigenvalue weighted by Crippen LogP contribution is 2.30. The number of piperidine rings is 1. The number of sulfonamides is 1. The largest absolute Gasteiger partial charge is 0.394 e. The van der Waals surface area contributed by atoms with E-state index in [1.807, 2.05) is 0 Å². The molecule has 1 fully saturated rings. The first kappa shape index (κ1) is 28.3. The molecule has 200 valence electrons. The minimum atomic E-state index is -3.44. The topological polar surface area (TPSA) is 149 Å². The number of nitrogens with one attached hydrogen (secondary N) is 1. The van der Waals surface area contributed by atoms with Crippen molar-refractivity contribution in [2.75, 3.05) is 56.6 Å². The van der Waals surface area contributed by atoms with E-state index in [9.17, 15) is 27.1 Å². The number of carbonyl (C=O) groups excluding carboxylic acids is 1. The maximum absolute atomic E-state index is 14.0. The summed E-state index contributed by atoms with van der Waals surface area (Å²) in [4.78, 5) is 18.5. The first-order valence-corrected chi connectivity index (χ1v) is 13.9. The lowest BCUT2D eigenvalue weighted by molar-refractivity contribution is 0.0667. The lowest BCUT2D eigenvalue weighted by atomic mass is 10.1. The molecule has 5 N–H and O–H groups in total. The molecule has 1 aliphatic rings. The Hall–Kier alpha value is -2.23. The molecule has 36 heavy (non-hydrogen) atoms. The normalized spacial score (nSPS) is 16.4. The fraction of sp³-hybridized carbons (Fsp3) is 0.545. The van der Waals surface area contributed by atoms with Crippen LogP contribution >= 0.6 is 11.3 Å². The van der Waals surface area contributed by atoms with Gasteiger partial charge < -0.3 is 26.2 Å². The summed E-state index contributed by atoms with van der Waals surface area (Å²) in [6.45, 7) is 1.01. The van der Waals surface area contributed by atoms with Crippen LogP contribution in [0.5, 0.6) is 0 Å². The lowest BCUT2D eigenvalue weighted by Crippen LogP contribution is -2.43. The van der Waals surface area contributed by atoms with Crippen LogP contribution in [0.15, 0.2) is 18.2 Å². The van der Waals surface area contributed by atoms with E-state index in [1.54, 1.807) is 11.9 Å². The number of thiazole rings is 1. The number of rotatable bonds is 12. The van der Waals surface area contributed by atoms with Gasteiger partial charge in [-0.3, -0.25) is 4.79 Å². The molecule has 0 saturated carbocycles. The molecule has 14 heteroatoms. The Morgan fingerprint density at radius 1 is 1.33 bits per heavy atom. The summed E-state index contributed by atoms with van der Waals surface area (Å²) >= 11 is 0.899. The molecule has 2 aromatic rings. The Morgan fingerprint density at radius 2 is 1.97 bits per heavy atom. The molecular formula is C22H31F2N5O5S2. The number of halogens is 2. The van der Waals surface area contributed by atoms with E-state index in [1.165, 1.54) is 10.4 Å². The van der Waals surface area contributed by atoms with Crippen molar-refractivity contribution in [3.05, 3.63) is 40.3 Å². The molecule has 2 heterocycles. The van der Waals surface area contributed by atoms with Crippen molar-refractivity contribution in [1.82, 2.24) is 14.2 Å². The van der Waals surface area contributed by atoms with Gasteiger partial charge in [-0.2, -0.15) is 0 Å². The van der Waals surface area contributed by atoms with E-state index in [0.717, 1.165) is 23.5 Å². The minimum Gasteiger partial charge on any atom is -0.394 e. The van der Waals surface area contributed by atoms with E-state index in [0.29, 0.717) is 44.0 Å². The molecule has 0 radical (unpaired) electrons. The highest BCUT2D eigenvalue weighted by Gasteiger charge is 2.29. The van der Waals surface area contributed by atoms with Crippen LogP contribution in [-0.4, -0.2) is 96.3 Å². The molecule has 3 rings (SSSR count). The first-order chi connectivity index (χ1) is 17.0. The lowest BCUT2D eigenvalue weighted by Gasteiger charge is -2.31. The second-order valence-electron chi connectivity index (χ2n) is 8.75. The van der Waals surface area contributed by atoms with E-state index in [4.69, 9.17) is 10.8 Å². The molecule has 1 aromatic carbocycles. The Morgan fingerprint density at radius 3 is 2.58 bits per heavy atom. The number of nitrogens with zero attached hydrogens (tertiary/aromatic N) is 3. The zero-order valence-corrected chi connectivity index (χ0v) is 21.5. The summed E-state index contributed by atoms with van der Waals surface area (Å²) in [6.07, 6.45) is 0.549. The number of aromatic nitrogens is 1. The monoisotopic (exact) mass is 547 g/mol. The van der Waals surface area contributed by atoms with Gasteiger partial charge in [0.15, 0.2) is 5.13 Å². The Kier molecular flexibility index (Phi) is 9.72. The fourth-order valence-corrected chi connectivity index (χ4v) is 6.42. The van der Waals surface area contributed by atoms with Gasteiger partial charge in [0.05, 0.1) is 24.0 Å². The number of hydrogen-bond acceptors (Lipinski definition) is 10. The maximum atomic E-state index is 14.0. The summed E-state index contributed by atoms with van der Waals surface area (Å²) in [6, 6.07) is 3.05. The van der Waals surface area contributed by atoms with Gasteiger partial charge in [0.2, 0.25) is 15.8 Å². The van der Waals surface area contributed by atoms with Crippen molar-refractivity contribution in [2.24, 2.45) is 0 Å². The zero-order chi connectivity index (χ0) is 26.5. The molecule has 1 saturated heterocycles. The number of aliphatic hydroxyl groups is 2. The fourth-order valence-electron chi connectivity index (χ4n) is 3.99. The molecule has 1 aliphatic heterocycles. The smallest absolute Gasteiger partial charge is 0.214 e. The zero-order valence-electron chi connectivity index (χ0n) is 19.9. The summed E-state index contributed by atoms with van der Waals surface area (Å²) in [7, 11) is -1.69. The SMILES string of the molecule is CN(CCCS(=O)(=O)N1CCC(Nc2nc(N)c(C(=O)c3c(F)cccc3F)s2)CC1)CC(O)CO. The number of likely N-dealkylation sites (N-methyl/N-ethyl adjacent to an activating group) is 1. The predicted octanol–water partition coefficient (Wildman–Crippen LogP) is 1.12. The maximum Gasteiger partial charge on any atom is 0.214 e. The van der Waals surface area contributed by atoms with Crippen molar-refractivity contribution < 1.29 is 32.2 Å². The molecule has 0 bridgehead atoms. The van der Waals surface area contributed by atoms with Gasteiger partial charge in [0, 0.05) is 25.7 Å². The number of carbonyl (C=O) groups is 1. The van der Waals surface area contributed by atoms with Gasteiger partial charge in [0.1, 0.15) is 22.3 Å². The van der Waals surface area contributed by atoms with Crippen molar-refractivity contribution in [3.63, 3.8) is 0 Å². The molecule has 1 unspecified atom stereocenters. The molecule has 0 amide bonds. The Bertz CT molecular complexity index is 1140. The average molecular weight is 548 g/mol. The standard InChI is InChI=1S/C22H31F2N5O5S2/c1-28(12-15(31)13-30)8-3-11-36(33,34)29-9-6-14(7-10-29)26-22-27-21(25)20(35-22)19(32)18-16(23)4-2-5-17(18)24/h2,4-5,14-15,30-31H,3,6-13,25H2,1H3,(H,26,27). The second-order valence-corrected chi connectivity index (χ2v) is 11.8. The van der Waals surface area contributed by atoms with Crippen LogP contribution in [0.4, 0.5) is 19.7 Å². The second kappa shape index (κ2) is 12.3. The summed E-state index contributed by atoms with van der Waals surface area (Å²) in [5, 5.41) is 21.8. The van der Waals surface area contributed by atoms with Crippen molar-refractivity contribution in [3.8, 4) is 0 Å². The van der Waals surface area contributed by atoms with Crippen LogP contribution in [0.3, 0.4) is 0 Å². The molecular weight excluding hydrogens is 516 g/mol. The third kappa shape index (κ3) is 7.17. The van der Waals surface area contributed by atoms with E-state index >= 15 is 0 Å². The number of benzene rings is 1. The van der Waals surface area contributed by atoms with Gasteiger partial charge >= 0.3 is 0 Å². The van der Waals surface area contributed by atoms with Crippen LogP contribution in [0.2, 0.25) is 0 Å². The van der Waals surface area contributed by atoms with Gasteiger partial charge in [0.25, 0.3) is 0 Å². The summed E-state index contributed by atoms with van der Waals surface area (Å²) in [5.74, 6) is -3.00. The van der Waals surface area contributed by atoms with Crippen LogP contribution in [0.25, 0.3) is 0 Å². The van der Waals surface area contributed by atoms with Gasteiger partial charge in [-0.1, -0.05) is 17.4 Å². The summed E-state index contributed by atoms with van der Waals surface area (Å²) < 4.78 is 54.8. The molecule has 10 nitrogen and oxygen atoms in total. The number of nitrogen functional groups attached to an aromatic ring is 1. The predicted molar refractivity (Wildman–Crippen MR) is 134 cm³/mol. The quantitative estimate of drug-likeness (QED) is 0.287. The van der Waals surface area contributed by atoms with Gasteiger partial charge in [-0.05, 0) is 45.0 Å². The van der Waals surface area contributed by atoms with Gasteiger partial charge in [-0.15, -0.1) is 0 Å². The van der Waals surface area contributed by atoms with E-state index in [-0.39, 0.29) is 35.6 Å². The molecule has 0 spiro atoms. The highest BCUT2D eigenvalue weighted by molar-refractivity contribution is 7.89. The third-order valence-electron chi connectivity index (χ3n) is 5.90. The molecule has 0 aliphatic carbocycles. The number of nitrogens with two attached hydrogens (primary N) is 1. The van der Waals surface area contributed by atoms with Crippen LogP contribution in [0, 0.1) is 11.6 Å². The molecule has 1 atom stereocenters. The molecule has 1 aromatic heterocycles. The average Bonchev–Trinajstić information content (AvgIpc) is 3.18.